The topological polar surface area (TPSA) is 17.1 Å². The molecule has 0 aliphatic carbocycles. The van der Waals surface area contributed by atoms with Crippen LogP contribution in [-0.2, 0) is 0 Å². The van der Waals surface area contributed by atoms with Gasteiger partial charge in [0.05, 0.1) is 0 Å². The number of hydrogen-bond acceptors (Lipinski definition) is 1. The van der Waals surface area contributed by atoms with Gasteiger partial charge >= 0.3 is 0 Å². The first-order valence-corrected chi connectivity index (χ1v) is 9.17. The zero-order chi connectivity index (χ0) is 18.4. The Balaban J connectivity index is 1.91. The zero-order valence-electron chi connectivity index (χ0n) is 15.1. The van der Waals surface area contributed by atoms with Crippen molar-refractivity contribution in [3.05, 3.63) is 108 Å². The Kier molecular flexibility index (Phi) is 3.54. The molecule has 0 atom stereocenters. The predicted molar refractivity (Wildman–Crippen MR) is 114 cm³/mol. The third kappa shape index (κ3) is 2.51. The van der Waals surface area contributed by atoms with E-state index in [1.807, 2.05) is 49.4 Å². The summed E-state index contributed by atoms with van der Waals surface area (Å²) in [6, 6.07) is 30.8. The number of carbonyl (C=O) groups is 1. The first kappa shape index (κ1) is 15.8. The van der Waals surface area contributed by atoms with Gasteiger partial charge in [0.15, 0.2) is 5.78 Å². The molecule has 5 aromatic rings. The summed E-state index contributed by atoms with van der Waals surface area (Å²) in [5.41, 5.74) is 2.54. The van der Waals surface area contributed by atoms with Crippen molar-refractivity contribution < 1.29 is 4.79 Å². The van der Waals surface area contributed by atoms with Crippen molar-refractivity contribution in [2.45, 2.75) is 6.92 Å². The second-order valence-corrected chi connectivity index (χ2v) is 7.03. The highest BCUT2D eigenvalue weighted by molar-refractivity contribution is 6.24. The normalized spacial score (nSPS) is 11.3. The number of carbonyl (C=O) groups excluding carboxylic acids is 1. The van der Waals surface area contributed by atoms with Gasteiger partial charge in [0.25, 0.3) is 0 Å². The van der Waals surface area contributed by atoms with Crippen LogP contribution < -0.4 is 0 Å². The first-order valence-electron chi connectivity index (χ1n) is 9.17. The van der Waals surface area contributed by atoms with E-state index in [9.17, 15) is 4.79 Å². The summed E-state index contributed by atoms with van der Waals surface area (Å²) >= 11 is 0. The molecule has 0 saturated heterocycles. The quantitative estimate of drug-likeness (QED) is 0.198. The van der Waals surface area contributed by atoms with Crippen LogP contribution in [0.1, 0.15) is 21.5 Å². The number of hydrogen-bond donors (Lipinski definition) is 0. The van der Waals surface area contributed by atoms with E-state index < -0.39 is 0 Å². The Hall–Kier alpha value is -3.45. The molecule has 0 unspecified atom stereocenters. The van der Waals surface area contributed by atoms with E-state index in [4.69, 9.17) is 0 Å². The minimum atomic E-state index is 0.0825. The van der Waals surface area contributed by atoms with Crippen molar-refractivity contribution >= 4 is 38.1 Å². The van der Waals surface area contributed by atoms with Crippen molar-refractivity contribution in [3.8, 4) is 0 Å². The molecule has 0 saturated carbocycles. The fourth-order valence-electron chi connectivity index (χ4n) is 3.95. The summed E-state index contributed by atoms with van der Waals surface area (Å²) in [5, 5.41) is 6.76. The van der Waals surface area contributed by atoms with Crippen LogP contribution in [0.4, 0.5) is 0 Å². The van der Waals surface area contributed by atoms with E-state index >= 15 is 0 Å². The Morgan fingerprint density at radius 3 is 1.89 bits per heavy atom. The molecule has 128 valence electrons. The molecule has 0 aliphatic rings. The summed E-state index contributed by atoms with van der Waals surface area (Å²) in [6.07, 6.45) is 0. The van der Waals surface area contributed by atoms with E-state index in [-0.39, 0.29) is 5.78 Å². The Labute approximate surface area is 157 Å². The molecule has 0 fully saturated rings. The van der Waals surface area contributed by atoms with Gasteiger partial charge in [-0.25, -0.2) is 0 Å². The molecule has 5 aromatic carbocycles. The molecule has 0 amide bonds. The van der Waals surface area contributed by atoms with Crippen LogP contribution in [0.25, 0.3) is 32.3 Å². The maximum absolute atomic E-state index is 13.5. The molecular weight excluding hydrogens is 328 g/mol. The van der Waals surface area contributed by atoms with E-state index in [0.717, 1.165) is 38.2 Å². The Bertz CT molecular complexity index is 1340. The summed E-state index contributed by atoms with van der Waals surface area (Å²) in [4.78, 5) is 13.5. The van der Waals surface area contributed by atoms with Crippen molar-refractivity contribution in [1.82, 2.24) is 0 Å². The van der Waals surface area contributed by atoms with Crippen LogP contribution in [-0.4, -0.2) is 5.78 Å². The first-order chi connectivity index (χ1) is 13.2. The summed E-state index contributed by atoms with van der Waals surface area (Å²) in [7, 11) is 0. The highest BCUT2D eigenvalue weighted by Gasteiger charge is 2.17. The van der Waals surface area contributed by atoms with Crippen LogP contribution in [0.15, 0.2) is 91.0 Å². The largest absolute Gasteiger partial charge is 0.289 e. The van der Waals surface area contributed by atoms with Gasteiger partial charge in [-0.15, -0.1) is 0 Å². The fourth-order valence-corrected chi connectivity index (χ4v) is 3.95. The third-order valence-corrected chi connectivity index (χ3v) is 5.36. The fraction of sp³-hybridized carbons (Fsp3) is 0.0385. The van der Waals surface area contributed by atoms with Crippen molar-refractivity contribution in [3.63, 3.8) is 0 Å². The molecule has 0 aromatic heterocycles. The van der Waals surface area contributed by atoms with E-state index in [1.165, 1.54) is 10.8 Å². The summed E-state index contributed by atoms with van der Waals surface area (Å²) in [5.74, 6) is 0.0825. The highest BCUT2D eigenvalue weighted by Crippen LogP contribution is 2.33. The van der Waals surface area contributed by atoms with Gasteiger partial charge in [0.1, 0.15) is 0 Å². The molecule has 0 spiro atoms. The van der Waals surface area contributed by atoms with Crippen LogP contribution in [0, 0.1) is 6.92 Å². The van der Waals surface area contributed by atoms with Crippen LogP contribution >= 0.6 is 0 Å². The molecule has 0 N–H and O–H groups in total. The lowest BCUT2D eigenvalue weighted by Gasteiger charge is -2.13. The average Bonchev–Trinajstić information content (AvgIpc) is 2.71. The third-order valence-electron chi connectivity index (χ3n) is 5.36. The molecule has 1 heteroatoms. The molecular formula is C26H18O. The predicted octanol–water partition coefficient (Wildman–Crippen LogP) is 6.69. The van der Waals surface area contributed by atoms with Crippen LogP contribution in [0.2, 0.25) is 0 Å². The molecule has 5 rings (SSSR count). The molecule has 27 heavy (non-hydrogen) atoms. The SMILES string of the molecule is Cc1ccccc1C(=O)c1cc2ccccc2c2cc3ccccc3cc12. The van der Waals surface area contributed by atoms with Crippen molar-refractivity contribution in [1.29, 1.82) is 0 Å². The Morgan fingerprint density at radius 2 is 1.15 bits per heavy atom. The van der Waals surface area contributed by atoms with Gasteiger partial charge in [-0.1, -0.05) is 72.8 Å². The zero-order valence-corrected chi connectivity index (χ0v) is 15.1. The lowest BCUT2D eigenvalue weighted by molar-refractivity contribution is 0.104. The molecule has 0 aliphatic heterocycles. The monoisotopic (exact) mass is 346 g/mol. The van der Waals surface area contributed by atoms with Crippen molar-refractivity contribution in [2.75, 3.05) is 0 Å². The molecule has 0 bridgehead atoms. The Morgan fingerprint density at radius 1 is 0.556 bits per heavy atom. The van der Waals surface area contributed by atoms with E-state index in [1.54, 1.807) is 0 Å². The lowest BCUT2D eigenvalue weighted by Crippen LogP contribution is -2.04. The smallest absolute Gasteiger partial charge is 0.193 e. The number of aryl methyl sites for hydroxylation is 1. The van der Waals surface area contributed by atoms with Gasteiger partial charge < -0.3 is 0 Å². The van der Waals surface area contributed by atoms with E-state index in [2.05, 4.69) is 48.5 Å². The molecule has 0 heterocycles. The average molecular weight is 346 g/mol. The second kappa shape index (κ2) is 6.07. The standard InChI is InChI=1S/C26H18O/c1-17-8-2-6-12-21(17)26(27)25-16-20-11-5-7-13-22(20)23-14-18-9-3-4-10-19(18)15-24(23)25/h2-16H,1H3. The van der Waals surface area contributed by atoms with Gasteiger partial charge in [-0.3, -0.25) is 4.79 Å². The number of fused-ring (bicyclic) bond motifs is 4. The minimum Gasteiger partial charge on any atom is -0.289 e. The van der Waals surface area contributed by atoms with Crippen molar-refractivity contribution in [2.24, 2.45) is 0 Å². The van der Waals surface area contributed by atoms with Gasteiger partial charge in [-0.05, 0) is 63.0 Å². The van der Waals surface area contributed by atoms with Gasteiger partial charge in [0, 0.05) is 11.1 Å². The van der Waals surface area contributed by atoms with Gasteiger partial charge in [-0.2, -0.15) is 0 Å². The summed E-state index contributed by atoms with van der Waals surface area (Å²) < 4.78 is 0. The number of benzene rings is 5. The van der Waals surface area contributed by atoms with E-state index in [0.29, 0.717) is 0 Å². The summed E-state index contributed by atoms with van der Waals surface area (Å²) in [6.45, 7) is 1.99. The second-order valence-electron chi connectivity index (χ2n) is 7.03. The molecule has 0 radical (unpaired) electrons. The number of ketones is 1. The minimum absolute atomic E-state index is 0.0825. The van der Waals surface area contributed by atoms with Crippen LogP contribution in [0.3, 0.4) is 0 Å². The van der Waals surface area contributed by atoms with Gasteiger partial charge in [0.2, 0.25) is 0 Å². The maximum Gasteiger partial charge on any atom is 0.193 e. The molecule has 1 nitrogen and oxygen atoms in total. The maximum atomic E-state index is 13.5. The van der Waals surface area contributed by atoms with Crippen LogP contribution in [0.5, 0.6) is 0 Å². The lowest BCUT2D eigenvalue weighted by atomic mass is 9.90. The highest BCUT2D eigenvalue weighted by atomic mass is 16.1. The number of rotatable bonds is 2.